The van der Waals surface area contributed by atoms with E-state index in [1.165, 1.54) is 6.07 Å². The van der Waals surface area contributed by atoms with Crippen LogP contribution in [0.25, 0.3) is 0 Å². The third-order valence-electron chi connectivity index (χ3n) is 2.84. The van der Waals surface area contributed by atoms with Crippen molar-refractivity contribution in [2.45, 2.75) is 19.9 Å². The number of aryl methyl sites for hydroxylation is 1. The lowest BCUT2D eigenvalue weighted by Gasteiger charge is -2.14. The Kier molecular flexibility index (Phi) is 3.82. The Hall–Kier alpha value is -0.820. The van der Waals surface area contributed by atoms with Gasteiger partial charge in [0.25, 0.3) is 0 Å². The van der Waals surface area contributed by atoms with E-state index in [4.69, 9.17) is 17.3 Å². The number of halogens is 3. The lowest BCUT2D eigenvalue weighted by Crippen LogP contribution is -2.12. The SMILES string of the molecule is Cc1nn(C(C)c2ccc(F)c(Cl)c2)c(N)c1I. The molecule has 96 valence electrons. The monoisotopic (exact) mass is 379 g/mol. The van der Waals surface area contributed by atoms with Crippen molar-refractivity contribution in [1.82, 2.24) is 9.78 Å². The van der Waals surface area contributed by atoms with Crippen LogP contribution in [-0.2, 0) is 0 Å². The van der Waals surface area contributed by atoms with Crippen molar-refractivity contribution in [3.63, 3.8) is 0 Å². The van der Waals surface area contributed by atoms with Gasteiger partial charge in [-0.15, -0.1) is 0 Å². The Balaban J connectivity index is 2.44. The van der Waals surface area contributed by atoms with Crippen LogP contribution in [0, 0.1) is 16.3 Å². The second-order valence-electron chi connectivity index (χ2n) is 4.08. The van der Waals surface area contributed by atoms with Gasteiger partial charge in [-0.2, -0.15) is 5.10 Å². The number of hydrogen-bond donors (Lipinski definition) is 1. The van der Waals surface area contributed by atoms with Gasteiger partial charge in [0, 0.05) is 0 Å². The molecule has 1 heterocycles. The van der Waals surface area contributed by atoms with E-state index in [0.29, 0.717) is 5.82 Å². The summed E-state index contributed by atoms with van der Waals surface area (Å²) in [6, 6.07) is 4.55. The number of hydrogen-bond acceptors (Lipinski definition) is 2. The highest BCUT2D eigenvalue weighted by Crippen LogP contribution is 2.28. The molecular weight excluding hydrogens is 368 g/mol. The molecule has 0 aliphatic rings. The van der Waals surface area contributed by atoms with Gasteiger partial charge in [0.2, 0.25) is 0 Å². The van der Waals surface area contributed by atoms with Crippen LogP contribution in [0.5, 0.6) is 0 Å². The van der Waals surface area contributed by atoms with E-state index in [2.05, 4.69) is 27.7 Å². The van der Waals surface area contributed by atoms with Crippen LogP contribution >= 0.6 is 34.2 Å². The lowest BCUT2D eigenvalue weighted by atomic mass is 10.1. The fourth-order valence-electron chi connectivity index (χ4n) is 1.75. The molecule has 0 saturated carbocycles. The summed E-state index contributed by atoms with van der Waals surface area (Å²) in [6.07, 6.45) is 0. The molecule has 1 aromatic carbocycles. The van der Waals surface area contributed by atoms with E-state index in [1.54, 1.807) is 16.8 Å². The maximum atomic E-state index is 13.1. The standard InChI is InChI=1S/C12H12ClFIN3/c1-6-11(15)12(16)18(17-6)7(2)8-3-4-10(14)9(13)5-8/h3-5,7H,16H2,1-2H3. The summed E-state index contributed by atoms with van der Waals surface area (Å²) in [5.41, 5.74) is 7.75. The average molecular weight is 380 g/mol. The summed E-state index contributed by atoms with van der Waals surface area (Å²) in [4.78, 5) is 0. The zero-order valence-corrected chi connectivity index (χ0v) is 12.8. The average Bonchev–Trinajstić information content (AvgIpc) is 2.60. The molecule has 0 fully saturated rings. The Morgan fingerprint density at radius 3 is 2.67 bits per heavy atom. The molecule has 0 saturated heterocycles. The van der Waals surface area contributed by atoms with Gasteiger partial charge >= 0.3 is 0 Å². The fraction of sp³-hybridized carbons (Fsp3) is 0.250. The number of nitrogens with zero attached hydrogens (tertiary/aromatic N) is 2. The van der Waals surface area contributed by atoms with Crippen molar-refractivity contribution in [2.24, 2.45) is 0 Å². The molecule has 3 nitrogen and oxygen atoms in total. The van der Waals surface area contributed by atoms with E-state index < -0.39 is 5.82 Å². The third kappa shape index (κ3) is 2.33. The van der Waals surface area contributed by atoms with Gasteiger partial charge in [-0.3, -0.25) is 0 Å². The number of anilines is 1. The minimum Gasteiger partial charge on any atom is -0.383 e. The molecule has 6 heteroatoms. The van der Waals surface area contributed by atoms with Crippen LogP contribution in [0.4, 0.5) is 10.2 Å². The Bertz CT molecular complexity index is 597. The number of aromatic nitrogens is 2. The summed E-state index contributed by atoms with van der Waals surface area (Å²) in [5.74, 6) is 0.188. The Labute approximate surface area is 123 Å². The Morgan fingerprint density at radius 1 is 1.50 bits per heavy atom. The smallest absolute Gasteiger partial charge is 0.141 e. The van der Waals surface area contributed by atoms with E-state index >= 15 is 0 Å². The first-order chi connectivity index (χ1) is 8.41. The van der Waals surface area contributed by atoms with Gasteiger partial charge in [-0.05, 0) is 54.1 Å². The van der Waals surface area contributed by atoms with Gasteiger partial charge in [0.1, 0.15) is 11.6 Å². The number of rotatable bonds is 2. The molecule has 0 amide bonds. The quantitative estimate of drug-likeness (QED) is 0.807. The van der Waals surface area contributed by atoms with Crippen LogP contribution in [0.3, 0.4) is 0 Å². The van der Waals surface area contributed by atoms with Gasteiger partial charge in [-0.1, -0.05) is 17.7 Å². The van der Waals surface area contributed by atoms with Crippen molar-refractivity contribution in [3.8, 4) is 0 Å². The van der Waals surface area contributed by atoms with Crippen LogP contribution in [0.15, 0.2) is 18.2 Å². The molecule has 2 aromatic rings. The maximum absolute atomic E-state index is 13.1. The highest BCUT2D eigenvalue weighted by molar-refractivity contribution is 14.1. The maximum Gasteiger partial charge on any atom is 0.141 e. The fourth-order valence-corrected chi connectivity index (χ4v) is 2.30. The molecule has 1 unspecified atom stereocenters. The molecule has 0 aliphatic heterocycles. The van der Waals surface area contributed by atoms with Gasteiger partial charge < -0.3 is 5.73 Å². The molecule has 2 N–H and O–H groups in total. The summed E-state index contributed by atoms with van der Waals surface area (Å²) in [6.45, 7) is 3.85. The minimum absolute atomic E-state index is 0.0923. The summed E-state index contributed by atoms with van der Waals surface area (Å²) < 4.78 is 15.8. The van der Waals surface area contributed by atoms with E-state index in [0.717, 1.165) is 14.8 Å². The van der Waals surface area contributed by atoms with Crippen LogP contribution in [0.1, 0.15) is 24.2 Å². The Morgan fingerprint density at radius 2 is 2.17 bits per heavy atom. The van der Waals surface area contributed by atoms with Gasteiger partial charge in [-0.25, -0.2) is 9.07 Å². The van der Waals surface area contributed by atoms with E-state index in [1.807, 2.05) is 13.8 Å². The highest BCUT2D eigenvalue weighted by atomic mass is 127. The molecule has 0 bridgehead atoms. The van der Waals surface area contributed by atoms with Crippen LogP contribution in [0.2, 0.25) is 5.02 Å². The summed E-state index contributed by atoms with van der Waals surface area (Å²) >= 11 is 7.94. The second kappa shape index (κ2) is 5.05. The summed E-state index contributed by atoms with van der Waals surface area (Å²) in [7, 11) is 0. The first-order valence-electron chi connectivity index (χ1n) is 5.37. The lowest BCUT2D eigenvalue weighted by molar-refractivity contribution is 0.565. The topological polar surface area (TPSA) is 43.8 Å². The third-order valence-corrected chi connectivity index (χ3v) is 4.46. The molecule has 0 radical (unpaired) electrons. The van der Waals surface area contributed by atoms with Gasteiger partial charge in [0.15, 0.2) is 0 Å². The second-order valence-corrected chi connectivity index (χ2v) is 5.56. The first kappa shape index (κ1) is 13.6. The molecule has 18 heavy (non-hydrogen) atoms. The first-order valence-corrected chi connectivity index (χ1v) is 6.82. The van der Waals surface area contributed by atoms with Crippen molar-refractivity contribution in [1.29, 1.82) is 0 Å². The molecule has 2 rings (SSSR count). The predicted molar refractivity (Wildman–Crippen MR) is 79.3 cm³/mol. The normalized spacial score (nSPS) is 12.7. The highest BCUT2D eigenvalue weighted by Gasteiger charge is 2.17. The van der Waals surface area contributed by atoms with Crippen LogP contribution < -0.4 is 5.73 Å². The van der Waals surface area contributed by atoms with Gasteiger partial charge in [0.05, 0.1) is 20.3 Å². The number of nitrogens with two attached hydrogens (primary N) is 1. The van der Waals surface area contributed by atoms with Crippen molar-refractivity contribution in [2.75, 3.05) is 5.73 Å². The zero-order valence-electron chi connectivity index (χ0n) is 9.92. The predicted octanol–water partition coefficient (Wildman–Crippen LogP) is 3.78. The molecule has 0 spiro atoms. The van der Waals surface area contributed by atoms with Crippen molar-refractivity contribution >= 4 is 40.0 Å². The molecular formula is C12H12ClFIN3. The minimum atomic E-state index is -0.424. The zero-order chi connectivity index (χ0) is 13.4. The van der Waals surface area contributed by atoms with E-state index in [-0.39, 0.29) is 11.1 Å². The largest absolute Gasteiger partial charge is 0.383 e. The van der Waals surface area contributed by atoms with Crippen molar-refractivity contribution in [3.05, 3.63) is 43.9 Å². The summed E-state index contributed by atoms with van der Waals surface area (Å²) in [5, 5.41) is 4.49. The van der Waals surface area contributed by atoms with Crippen molar-refractivity contribution < 1.29 is 4.39 Å². The number of benzene rings is 1. The van der Waals surface area contributed by atoms with Crippen LogP contribution in [-0.4, -0.2) is 9.78 Å². The molecule has 1 atom stereocenters. The number of nitrogen functional groups attached to an aromatic ring is 1. The molecule has 1 aromatic heterocycles. The van der Waals surface area contributed by atoms with E-state index in [9.17, 15) is 4.39 Å². The molecule has 0 aliphatic carbocycles.